The van der Waals surface area contributed by atoms with Crippen LogP contribution in [0.5, 0.6) is 0 Å². The van der Waals surface area contributed by atoms with Crippen LogP contribution in [-0.2, 0) is 12.8 Å². The molecule has 4 nitrogen and oxygen atoms in total. The van der Waals surface area contributed by atoms with Crippen LogP contribution in [-0.4, -0.2) is 24.0 Å². The summed E-state index contributed by atoms with van der Waals surface area (Å²) in [5.74, 6) is 0.562. The summed E-state index contributed by atoms with van der Waals surface area (Å²) >= 11 is 1.75. The lowest BCUT2D eigenvalue weighted by Gasteiger charge is -2.18. The highest BCUT2D eigenvalue weighted by molar-refractivity contribution is 7.11. The Morgan fingerprint density at radius 1 is 1.36 bits per heavy atom. The Morgan fingerprint density at radius 3 is 2.80 bits per heavy atom. The van der Waals surface area contributed by atoms with Gasteiger partial charge in [0.2, 0.25) is 0 Å². The average molecular weight is 363 g/mol. The summed E-state index contributed by atoms with van der Waals surface area (Å²) in [7, 11) is 0. The number of halogens is 1. The Bertz CT molecular complexity index is 711. The number of hydrogen-bond donors (Lipinski definition) is 2. The maximum atomic E-state index is 13.8. The van der Waals surface area contributed by atoms with Crippen molar-refractivity contribution in [1.29, 1.82) is 0 Å². The predicted molar refractivity (Wildman–Crippen MR) is 104 cm³/mol. The Balaban J connectivity index is 1.97. The molecule has 25 heavy (non-hydrogen) atoms. The predicted octanol–water partition coefficient (Wildman–Crippen LogP) is 4.01. The van der Waals surface area contributed by atoms with Gasteiger partial charge in [-0.2, -0.15) is 0 Å². The second-order valence-electron chi connectivity index (χ2n) is 5.96. The van der Waals surface area contributed by atoms with Crippen molar-refractivity contribution in [2.75, 3.05) is 13.1 Å². The molecule has 2 aromatic rings. The molecule has 0 fully saturated rings. The second kappa shape index (κ2) is 9.51. The Hall–Kier alpha value is -1.95. The fraction of sp³-hybridized carbons (Fsp3) is 0.474. The van der Waals surface area contributed by atoms with Crippen LogP contribution in [0, 0.1) is 12.7 Å². The van der Waals surface area contributed by atoms with Crippen molar-refractivity contribution < 1.29 is 4.39 Å². The molecule has 0 aliphatic rings. The molecule has 0 saturated heterocycles. The average Bonchev–Trinajstić information content (AvgIpc) is 3.05. The van der Waals surface area contributed by atoms with E-state index in [1.807, 2.05) is 26.1 Å². The van der Waals surface area contributed by atoms with Gasteiger partial charge < -0.3 is 10.6 Å². The fourth-order valence-electron chi connectivity index (χ4n) is 2.38. The van der Waals surface area contributed by atoms with Crippen LogP contribution >= 0.6 is 11.3 Å². The number of aromatic nitrogens is 1. The van der Waals surface area contributed by atoms with Crippen molar-refractivity contribution in [2.24, 2.45) is 4.99 Å². The minimum atomic E-state index is -0.177. The van der Waals surface area contributed by atoms with Gasteiger partial charge in [0.1, 0.15) is 5.82 Å². The van der Waals surface area contributed by atoms with E-state index in [2.05, 4.69) is 27.5 Å². The highest BCUT2D eigenvalue weighted by atomic mass is 32.1. The fourth-order valence-corrected chi connectivity index (χ4v) is 3.23. The summed E-state index contributed by atoms with van der Waals surface area (Å²) in [6.45, 7) is 9.38. The Morgan fingerprint density at radius 2 is 2.16 bits per heavy atom. The van der Waals surface area contributed by atoms with E-state index in [0.29, 0.717) is 12.1 Å². The number of aliphatic imine (C=N–C) groups is 1. The van der Waals surface area contributed by atoms with Crippen LogP contribution in [0.2, 0.25) is 0 Å². The maximum Gasteiger partial charge on any atom is 0.191 e. The minimum Gasteiger partial charge on any atom is -0.357 e. The molecule has 0 amide bonds. The molecule has 0 aliphatic heterocycles. The van der Waals surface area contributed by atoms with E-state index in [1.54, 1.807) is 30.4 Å². The molecule has 0 spiro atoms. The minimum absolute atomic E-state index is 0.0283. The zero-order valence-electron chi connectivity index (χ0n) is 15.4. The van der Waals surface area contributed by atoms with Crippen LogP contribution in [0.25, 0.3) is 0 Å². The van der Waals surface area contributed by atoms with Crippen molar-refractivity contribution in [3.8, 4) is 0 Å². The molecule has 0 radical (unpaired) electrons. The van der Waals surface area contributed by atoms with E-state index in [1.165, 1.54) is 4.88 Å². The summed E-state index contributed by atoms with van der Waals surface area (Å²) in [6, 6.07) is 5.31. The summed E-state index contributed by atoms with van der Waals surface area (Å²) in [5, 5.41) is 7.69. The Labute approximate surface area is 153 Å². The topological polar surface area (TPSA) is 49.3 Å². The van der Waals surface area contributed by atoms with Crippen molar-refractivity contribution in [1.82, 2.24) is 15.6 Å². The lowest BCUT2D eigenvalue weighted by atomic mass is 10.1. The number of benzene rings is 1. The van der Waals surface area contributed by atoms with Gasteiger partial charge in [0.15, 0.2) is 5.96 Å². The van der Waals surface area contributed by atoms with E-state index < -0.39 is 0 Å². The first-order chi connectivity index (χ1) is 12.0. The van der Waals surface area contributed by atoms with Crippen LogP contribution in [0.15, 0.2) is 29.4 Å². The number of guanidine groups is 1. The summed E-state index contributed by atoms with van der Waals surface area (Å²) < 4.78 is 13.8. The molecule has 0 saturated carbocycles. The largest absolute Gasteiger partial charge is 0.357 e. The van der Waals surface area contributed by atoms with Gasteiger partial charge in [0, 0.05) is 30.6 Å². The summed E-state index contributed by atoms with van der Waals surface area (Å²) in [4.78, 5) is 10.3. The van der Waals surface area contributed by atoms with Crippen LogP contribution in [0.3, 0.4) is 0 Å². The molecule has 1 aromatic heterocycles. The summed E-state index contributed by atoms with van der Waals surface area (Å²) in [5.41, 5.74) is 1.56. The monoisotopic (exact) mass is 362 g/mol. The molecule has 0 aliphatic carbocycles. The standard InChI is InChI=1S/C19H27FN4S/c1-5-16-12-23-18(25-16)9-10-22-19(21-6-2)24-14(4)15-8-7-13(3)17(20)11-15/h7-8,11-12,14H,5-6,9-10H2,1-4H3,(H2,21,22,24). The molecular formula is C19H27FN4S. The van der Waals surface area contributed by atoms with Gasteiger partial charge >= 0.3 is 0 Å². The number of hydrogen-bond acceptors (Lipinski definition) is 3. The van der Waals surface area contributed by atoms with Gasteiger partial charge in [-0.15, -0.1) is 11.3 Å². The molecule has 1 aromatic carbocycles. The van der Waals surface area contributed by atoms with Gasteiger partial charge in [-0.1, -0.05) is 19.1 Å². The van der Waals surface area contributed by atoms with Crippen LogP contribution in [0.1, 0.15) is 47.8 Å². The van der Waals surface area contributed by atoms with Crippen molar-refractivity contribution in [3.63, 3.8) is 0 Å². The first-order valence-corrected chi connectivity index (χ1v) is 9.59. The normalized spacial score (nSPS) is 12.9. The molecular weight excluding hydrogens is 335 g/mol. The third-order valence-electron chi connectivity index (χ3n) is 3.94. The highest BCUT2D eigenvalue weighted by Crippen LogP contribution is 2.16. The van der Waals surface area contributed by atoms with E-state index in [-0.39, 0.29) is 11.9 Å². The highest BCUT2D eigenvalue weighted by Gasteiger charge is 2.10. The number of nitrogens with one attached hydrogen (secondary N) is 2. The van der Waals surface area contributed by atoms with Gasteiger partial charge in [0.05, 0.1) is 11.0 Å². The SMILES string of the molecule is CCNC(=NCCc1ncc(CC)s1)NC(C)c1ccc(C)c(F)c1. The van der Waals surface area contributed by atoms with Crippen molar-refractivity contribution >= 4 is 17.3 Å². The molecule has 0 bridgehead atoms. The molecule has 1 heterocycles. The number of nitrogens with zero attached hydrogens (tertiary/aromatic N) is 2. The summed E-state index contributed by atoms with van der Waals surface area (Å²) in [6.07, 6.45) is 3.80. The van der Waals surface area contributed by atoms with Crippen LogP contribution < -0.4 is 10.6 Å². The maximum absolute atomic E-state index is 13.8. The molecule has 2 N–H and O–H groups in total. The molecule has 2 rings (SSSR count). The van der Waals surface area contributed by atoms with Gasteiger partial charge in [-0.05, 0) is 44.4 Å². The smallest absolute Gasteiger partial charge is 0.191 e. The van der Waals surface area contributed by atoms with E-state index in [0.717, 1.165) is 35.9 Å². The van der Waals surface area contributed by atoms with E-state index >= 15 is 0 Å². The van der Waals surface area contributed by atoms with Gasteiger partial charge in [-0.25, -0.2) is 9.37 Å². The number of aryl methyl sites for hydroxylation is 2. The lowest BCUT2D eigenvalue weighted by Crippen LogP contribution is -2.38. The first kappa shape index (κ1) is 19.4. The zero-order valence-corrected chi connectivity index (χ0v) is 16.2. The van der Waals surface area contributed by atoms with Crippen molar-refractivity contribution in [3.05, 3.63) is 51.2 Å². The van der Waals surface area contributed by atoms with E-state index in [9.17, 15) is 4.39 Å². The number of thiazole rings is 1. The molecule has 1 atom stereocenters. The zero-order chi connectivity index (χ0) is 18.2. The Kier molecular flexibility index (Phi) is 7.37. The number of rotatable bonds is 7. The molecule has 1 unspecified atom stereocenters. The first-order valence-electron chi connectivity index (χ1n) is 8.78. The molecule has 6 heteroatoms. The van der Waals surface area contributed by atoms with Gasteiger partial charge in [-0.3, -0.25) is 4.99 Å². The third kappa shape index (κ3) is 5.81. The third-order valence-corrected chi connectivity index (χ3v) is 5.14. The lowest BCUT2D eigenvalue weighted by molar-refractivity contribution is 0.607. The second-order valence-corrected chi connectivity index (χ2v) is 7.16. The quantitative estimate of drug-likeness (QED) is 0.578. The van der Waals surface area contributed by atoms with E-state index in [4.69, 9.17) is 0 Å². The van der Waals surface area contributed by atoms with Gasteiger partial charge in [0.25, 0.3) is 0 Å². The van der Waals surface area contributed by atoms with Crippen molar-refractivity contribution in [2.45, 2.75) is 46.6 Å². The van der Waals surface area contributed by atoms with Crippen LogP contribution in [0.4, 0.5) is 4.39 Å². The molecule has 136 valence electrons.